The molecule has 0 amide bonds. The fraction of sp³-hybridized carbons (Fsp3) is 1.00. The van der Waals surface area contributed by atoms with Gasteiger partial charge in [0.25, 0.3) is 0 Å². The summed E-state index contributed by atoms with van der Waals surface area (Å²) in [7, 11) is 22.0. The molecule has 4 N–H and O–H groups in total. The Morgan fingerprint density at radius 3 is 1.46 bits per heavy atom. The number of piperidine rings is 3. The van der Waals surface area contributed by atoms with Gasteiger partial charge in [0.05, 0.1) is 0 Å². The van der Waals surface area contributed by atoms with Gasteiger partial charge in [-0.2, -0.15) is 0 Å². The minimum Gasteiger partial charge on any atom is -0.320 e. The summed E-state index contributed by atoms with van der Waals surface area (Å²) >= 11 is 0. The lowest BCUT2D eigenvalue weighted by Gasteiger charge is -2.51. The van der Waals surface area contributed by atoms with Crippen molar-refractivity contribution in [2.45, 2.75) is 229 Å². The SMILES string of the molecule is C.C.C.C.C.CN1CC2(CCCCC2)C1.CN1CC2CCCCC2C1.CN1CCC2(CCCC2)CC1.CN1CCC2CN(C)CC2C1.CN1CCN2CCCC2C1.CN1C[C@H]2CCCN[C@H]2C1.CN1C[C@H]2CNC[C@H]21.CNCC1CCC1.CNCCC1CCC1. The Bertz CT molecular complexity index is 1690. The third-order valence-electron chi connectivity index (χ3n) is 24.9. The van der Waals surface area contributed by atoms with E-state index >= 15 is 0 Å². The van der Waals surface area contributed by atoms with Crippen LogP contribution in [0.2, 0.25) is 0 Å². The van der Waals surface area contributed by atoms with Gasteiger partial charge in [-0.1, -0.05) is 108 Å². The molecule has 9 atom stereocenters. The van der Waals surface area contributed by atoms with Crippen LogP contribution in [-0.2, 0) is 0 Å². The first-order valence-electron chi connectivity index (χ1n) is 37.2. The number of nitrogens with zero attached hydrogens (tertiary/aromatic N) is 9. The molecular formula is C77H163N13. The largest absolute Gasteiger partial charge is 0.320 e. The molecule has 0 radical (unpaired) electrons. The first-order chi connectivity index (χ1) is 41.2. The van der Waals surface area contributed by atoms with Gasteiger partial charge in [0, 0.05) is 122 Å². The molecule has 16 fully saturated rings. The fourth-order valence-corrected chi connectivity index (χ4v) is 19.0. The minimum absolute atomic E-state index is 0. The third kappa shape index (κ3) is 27.1. The highest BCUT2D eigenvalue weighted by atomic mass is 15.3. The Hall–Kier alpha value is -0.520. The lowest BCUT2D eigenvalue weighted by Crippen LogP contribution is -2.54. The highest BCUT2D eigenvalue weighted by Gasteiger charge is 2.42. The Labute approximate surface area is 563 Å². The van der Waals surface area contributed by atoms with Gasteiger partial charge in [-0.25, -0.2) is 0 Å². The maximum Gasteiger partial charge on any atom is 0.0270 e. The van der Waals surface area contributed by atoms with Gasteiger partial charge < -0.3 is 60.5 Å². The molecule has 11 aliphatic heterocycles. The molecule has 13 heteroatoms. The van der Waals surface area contributed by atoms with Crippen molar-refractivity contribution in [3.05, 3.63) is 0 Å². The maximum atomic E-state index is 3.57. The predicted molar refractivity (Wildman–Crippen MR) is 398 cm³/mol. The zero-order chi connectivity index (χ0) is 60.0. The van der Waals surface area contributed by atoms with Crippen molar-refractivity contribution in [2.75, 3.05) is 214 Å². The number of likely N-dealkylation sites (N-methyl/N-ethyl adjacent to an activating group) is 3. The van der Waals surface area contributed by atoms with Crippen LogP contribution in [0.3, 0.4) is 0 Å². The van der Waals surface area contributed by atoms with E-state index in [2.05, 4.69) is 122 Å². The molecule has 5 aliphatic carbocycles. The summed E-state index contributed by atoms with van der Waals surface area (Å²) < 4.78 is 0. The average Bonchev–Trinajstić information content (AvgIpc) is 1.32. The highest BCUT2D eigenvalue weighted by Crippen LogP contribution is 2.46. The monoisotopic (exact) mass is 1270 g/mol. The molecule has 5 saturated carbocycles. The average molecular weight is 1270 g/mol. The molecule has 16 rings (SSSR count). The van der Waals surface area contributed by atoms with Gasteiger partial charge >= 0.3 is 0 Å². The van der Waals surface area contributed by atoms with Gasteiger partial charge in [0.1, 0.15) is 0 Å². The Morgan fingerprint density at radius 1 is 0.378 bits per heavy atom. The minimum atomic E-state index is 0. The molecule has 536 valence electrons. The van der Waals surface area contributed by atoms with Gasteiger partial charge in [-0.3, -0.25) is 4.90 Å². The second-order valence-corrected chi connectivity index (χ2v) is 32.3. The van der Waals surface area contributed by atoms with Crippen molar-refractivity contribution in [2.24, 2.45) is 58.2 Å². The van der Waals surface area contributed by atoms with E-state index in [0.29, 0.717) is 0 Å². The second kappa shape index (κ2) is 43.7. The van der Waals surface area contributed by atoms with Crippen molar-refractivity contribution in [1.29, 1.82) is 0 Å². The second-order valence-electron chi connectivity index (χ2n) is 32.3. The van der Waals surface area contributed by atoms with E-state index < -0.39 is 0 Å². The molecular weight excluding hydrogens is 1110 g/mol. The smallest absolute Gasteiger partial charge is 0.0270 e. The van der Waals surface area contributed by atoms with Gasteiger partial charge in [0.15, 0.2) is 0 Å². The Balaban J connectivity index is 0.000000263. The van der Waals surface area contributed by atoms with Crippen LogP contribution in [0.1, 0.15) is 210 Å². The number of nitrogens with one attached hydrogen (secondary N) is 4. The quantitative estimate of drug-likeness (QED) is 0.211. The van der Waals surface area contributed by atoms with Crippen LogP contribution in [0, 0.1) is 58.2 Å². The van der Waals surface area contributed by atoms with E-state index in [0.717, 1.165) is 76.3 Å². The molecule has 13 nitrogen and oxygen atoms in total. The molecule has 11 saturated heterocycles. The summed E-state index contributed by atoms with van der Waals surface area (Å²) in [6.45, 7) is 28.9. The van der Waals surface area contributed by atoms with Crippen molar-refractivity contribution in [3.63, 3.8) is 0 Å². The molecule has 2 spiro atoms. The maximum absolute atomic E-state index is 3.57. The highest BCUT2D eigenvalue weighted by molar-refractivity contribution is 4.98. The number of rotatable bonds is 5. The standard InChI is InChI=1S/C10H19N.C9H18N2.2C9H17N.2C8H16N2.C7H15N.C6H12N2.C6H13N.5CH4/c1-11-8-6-10(7-9-11)4-2-3-5-10;1-10-4-3-8-5-11(2)7-9(8)6-10;1-10-6-8-4-2-3-5-9(8)7-10;1-10-7-9(8-10)5-3-2-4-6-9;1-10-5-7-3-2-4-9-8(7)6-10;1-9-5-6-10-4-2-3-8(10)7-9;1-8-6-5-7-3-2-4-7;1-8-4-5-2-7-3-6(5)8;1-7-5-6-3-2-4-6;;;;;/h2-9H2,1H3;8-9H,3-7H2,1-2H3;8-9H,2-7H2,1H3;2-8H2,1H3;7-9H,2-6H2,1H3;8H,2-7H2,1H3;7-8H,2-6H2,1H3;5-7H,2-4H2,1H3;6-7H,2-5H2,1H3;5*1H4/t;;;;7-,8+;;;5-,6-;;;;;;/m....1..1....../s1. The molecule has 11 heterocycles. The molecule has 0 aromatic carbocycles. The first kappa shape index (κ1) is 83.7. The van der Waals surface area contributed by atoms with Crippen LogP contribution in [0.5, 0.6) is 0 Å². The fourth-order valence-electron chi connectivity index (χ4n) is 19.0. The molecule has 0 aromatic rings. The number of piperazine rings is 1. The lowest BCUT2D eigenvalue weighted by atomic mass is 9.69. The van der Waals surface area contributed by atoms with E-state index in [1.54, 1.807) is 0 Å². The lowest BCUT2D eigenvalue weighted by molar-refractivity contribution is -0.00940. The summed E-state index contributed by atoms with van der Waals surface area (Å²) in [5.74, 6) is 8.15. The topological polar surface area (TPSA) is 77.3 Å². The van der Waals surface area contributed by atoms with Gasteiger partial charge in [0.2, 0.25) is 0 Å². The predicted octanol–water partition coefficient (Wildman–Crippen LogP) is 12.2. The normalized spacial score (nSPS) is 33.3. The summed E-state index contributed by atoms with van der Waals surface area (Å²) in [6.07, 6.45) is 39.9. The summed E-state index contributed by atoms with van der Waals surface area (Å²) in [4.78, 5) is 22.3. The Morgan fingerprint density at radius 2 is 0.922 bits per heavy atom. The van der Waals surface area contributed by atoms with E-state index in [9.17, 15) is 0 Å². The number of fused-ring (bicyclic) bond motifs is 5. The number of hydrogen-bond donors (Lipinski definition) is 4. The van der Waals surface area contributed by atoms with E-state index in [1.807, 2.05) is 14.1 Å². The summed E-state index contributed by atoms with van der Waals surface area (Å²) in [6, 6.07) is 2.60. The molecule has 0 bridgehead atoms. The summed E-state index contributed by atoms with van der Waals surface area (Å²) in [5.41, 5.74) is 1.61. The van der Waals surface area contributed by atoms with E-state index in [1.165, 1.54) is 317 Å². The van der Waals surface area contributed by atoms with E-state index in [4.69, 9.17) is 0 Å². The van der Waals surface area contributed by atoms with Crippen molar-refractivity contribution in [3.8, 4) is 0 Å². The van der Waals surface area contributed by atoms with E-state index in [-0.39, 0.29) is 37.1 Å². The van der Waals surface area contributed by atoms with Crippen LogP contribution in [0.25, 0.3) is 0 Å². The third-order valence-corrected chi connectivity index (χ3v) is 24.9. The van der Waals surface area contributed by atoms with Gasteiger partial charge in [-0.05, 0) is 271 Å². The molecule has 90 heavy (non-hydrogen) atoms. The number of likely N-dealkylation sites (tertiary alicyclic amines) is 7. The van der Waals surface area contributed by atoms with Crippen LogP contribution in [-0.4, -0.2) is 277 Å². The van der Waals surface area contributed by atoms with Crippen molar-refractivity contribution in [1.82, 2.24) is 65.4 Å². The zero-order valence-corrected chi connectivity index (χ0v) is 58.0. The molecule has 5 unspecified atom stereocenters. The molecule has 0 aromatic heterocycles. The Kier molecular flexibility index (Phi) is 40.6. The zero-order valence-electron chi connectivity index (χ0n) is 58.0. The first-order valence-corrected chi connectivity index (χ1v) is 37.2. The van der Waals surface area contributed by atoms with Crippen LogP contribution in [0.4, 0.5) is 0 Å². The molecule has 16 aliphatic rings. The van der Waals surface area contributed by atoms with Crippen molar-refractivity contribution >= 4 is 0 Å². The van der Waals surface area contributed by atoms with Crippen LogP contribution < -0.4 is 21.3 Å². The van der Waals surface area contributed by atoms with Crippen LogP contribution in [0.15, 0.2) is 0 Å². The van der Waals surface area contributed by atoms with Gasteiger partial charge in [-0.15, -0.1) is 0 Å². The van der Waals surface area contributed by atoms with Crippen molar-refractivity contribution < 1.29 is 0 Å². The van der Waals surface area contributed by atoms with Crippen LogP contribution >= 0.6 is 0 Å². The summed E-state index contributed by atoms with van der Waals surface area (Å²) in [5, 5.41) is 13.3. The number of hydrogen-bond acceptors (Lipinski definition) is 13.